The number of carbonyl (C=O) groups is 1. The number of amides is 2. The highest BCUT2D eigenvalue weighted by Gasteiger charge is 2.31. The number of halogens is 3. The molecular weight excluding hydrogens is 383 g/mol. The summed E-state index contributed by atoms with van der Waals surface area (Å²) in [6.07, 6.45) is -3.65. The van der Waals surface area contributed by atoms with E-state index < -0.39 is 11.7 Å². The lowest BCUT2D eigenvalue weighted by Gasteiger charge is -2.37. The fourth-order valence-corrected chi connectivity index (χ4v) is 3.73. The third-order valence-electron chi connectivity index (χ3n) is 5.31. The number of urea groups is 1. The van der Waals surface area contributed by atoms with E-state index in [1.807, 2.05) is 29.2 Å². The minimum Gasteiger partial charge on any atom is -0.491 e. The number of rotatable bonds is 2. The van der Waals surface area contributed by atoms with Crippen molar-refractivity contribution in [1.82, 2.24) is 10.2 Å². The summed E-state index contributed by atoms with van der Waals surface area (Å²) in [5.74, 6) is 0.854. The first-order valence-corrected chi connectivity index (χ1v) is 9.58. The SMILES string of the molecule is O=C(NC1COc2ccccc2C1)N1CCN(c2cccc(C(F)(F)F)c2)CC1. The van der Waals surface area contributed by atoms with Crippen LogP contribution in [-0.2, 0) is 12.6 Å². The molecule has 5 nitrogen and oxygen atoms in total. The highest BCUT2D eigenvalue weighted by molar-refractivity contribution is 5.75. The van der Waals surface area contributed by atoms with Crippen LogP contribution in [-0.4, -0.2) is 49.8 Å². The van der Waals surface area contributed by atoms with Crippen LogP contribution in [0.15, 0.2) is 48.5 Å². The van der Waals surface area contributed by atoms with Crippen molar-refractivity contribution in [3.8, 4) is 5.75 Å². The van der Waals surface area contributed by atoms with Crippen LogP contribution in [0.1, 0.15) is 11.1 Å². The second-order valence-corrected chi connectivity index (χ2v) is 7.29. The Morgan fingerprint density at radius 3 is 2.55 bits per heavy atom. The van der Waals surface area contributed by atoms with Crippen molar-refractivity contribution in [3.63, 3.8) is 0 Å². The summed E-state index contributed by atoms with van der Waals surface area (Å²) >= 11 is 0. The van der Waals surface area contributed by atoms with E-state index in [2.05, 4.69) is 5.32 Å². The molecule has 1 N–H and O–H groups in total. The predicted octanol–water partition coefficient (Wildman–Crippen LogP) is 3.54. The van der Waals surface area contributed by atoms with Gasteiger partial charge in [-0.3, -0.25) is 0 Å². The zero-order chi connectivity index (χ0) is 20.4. The van der Waals surface area contributed by atoms with Gasteiger partial charge < -0.3 is 19.9 Å². The lowest BCUT2D eigenvalue weighted by molar-refractivity contribution is -0.137. The minimum absolute atomic E-state index is 0.0982. The maximum Gasteiger partial charge on any atom is 0.416 e. The molecule has 2 aromatic carbocycles. The minimum atomic E-state index is -4.36. The number of hydrogen-bond donors (Lipinski definition) is 1. The maximum absolute atomic E-state index is 12.9. The molecule has 0 saturated carbocycles. The summed E-state index contributed by atoms with van der Waals surface area (Å²) in [6, 6.07) is 12.8. The van der Waals surface area contributed by atoms with Gasteiger partial charge >= 0.3 is 12.2 Å². The van der Waals surface area contributed by atoms with Gasteiger partial charge in [-0.25, -0.2) is 4.79 Å². The zero-order valence-electron chi connectivity index (χ0n) is 15.8. The molecule has 2 aliphatic rings. The molecule has 0 radical (unpaired) electrons. The van der Waals surface area contributed by atoms with Gasteiger partial charge in [-0.2, -0.15) is 13.2 Å². The number of nitrogens with zero attached hydrogens (tertiary/aromatic N) is 2. The molecule has 1 saturated heterocycles. The van der Waals surface area contributed by atoms with Crippen LogP contribution in [0.3, 0.4) is 0 Å². The highest BCUT2D eigenvalue weighted by Crippen LogP contribution is 2.32. The van der Waals surface area contributed by atoms with Gasteiger partial charge in [0.05, 0.1) is 11.6 Å². The van der Waals surface area contributed by atoms with Gasteiger partial charge in [0.2, 0.25) is 0 Å². The van der Waals surface area contributed by atoms with Crippen molar-refractivity contribution in [3.05, 3.63) is 59.7 Å². The normalized spacial score (nSPS) is 19.3. The summed E-state index contributed by atoms with van der Waals surface area (Å²) in [5, 5.41) is 3.01. The second kappa shape index (κ2) is 7.85. The molecule has 29 heavy (non-hydrogen) atoms. The second-order valence-electron chi connectivity index (χ2n) is 7.29. The molecular formula is C21H22F3N3O2. The molecule has 1 fully saturated rings. The predicted molar refractivity (Wildman–Crippen MR) is 103 cm³/mol. The number of anilines is 1. The van der Waals surface area contributed by atoms with Gasteiger partial charge in [-0.15, -0.1) is 0 Å². The van der Waals surface area contributed by atoms with E-state index in [-0.39, 0.29) is 12.1 Å². The van der Waals surface area contributed by atoms with Crippen LogP contribution in [0.25, 0.3) is 0 Å². The van der Waals surface area contributed by atoms with Crippen molar-refractivity contribution < 1.29 is 22.7 Å². The van der Waals surface area contributed by atoms with E-state index in [0.29, 0.717) is 44.9 Å². The van der Waals surface area contributed by atoms with E-state index in [4.69, 9.17) is 4.74 Å². The van der Waals surface area contributed by atoms with Gasteiger partial charge in [0.1, 0.15) is 12.4 Å². The summed E-state index contributed by atoms with van der Waals surface area (Å²) in [7, 11) is 0. The first-order valence-electron chi connectivity index (χ1n) is 9.58. The average molecular weight is 405 g/mol. The largest absolute Gasteiger partial charge is 0.491 e. The van der Waals surface area contributed by atoms with Gasteiger partial charge in [-0.05, 0) is 36.2 Å². The topological polar surface area (TPSA) is 44.8 Å². The van der Waals surface area contributed by atoms with Crippen molar-refractivity contribution >= 4 is 11.7 Å². The Bertz CT molecular complexity index is 879. The molecule has 2 heterocycles. The van der Waals surface area contributed by atoms with Gasteiger partial charge in [0, 0.05) is 31.9 Å². The van der Waals surface area contributed by atoms with E-state index in [1.54, 1.807) is 11.0 Å². The van der Waals surface area contributed by atoms with Gasteiger partial charge in [-0.1, -0.05) is 24.3 Å². The number of fused-ring (bicyclic) bond motifs is 1. The van der Waals surface area contributed by atoms with Gasteiger partial charge in [0.25, 0.3) is 0 Å². The van der Waals surface area contributed by atoms with Crippen LogP contribution in [0.4, 0.5) is 23.7 Å². The van der Waals surface area contributed by atoms with E-state index >= 15 is 0 Å². The number of alkyl halides is 3. The smallest absolute Gasteiger partial charge is 0.416 e. The molecule has 1 atom stereocenters. The number of benzene rings is 2. The number of para-hydroxylation sites is 1. The van der Waals surface area contributed by atoms with Crippen LogP contribution in [0.2, 0.25) is 0 Å². The summed E-state index contributed by atoms with van der Waals surface area (Å²) in [5.41, 5.74) is 0.934. The highest BCUT2D eigenvalue weighted by atomic mass is 19.4. The Labute approximate surface area is 167 Å². The Balaban J connectivity index is 1.31. The van der Waals surface area contributed by atoms with Crippen molar-refractivity contribution in [1.29, 1.82) is 0 Å². The number of hydrogen-bond acceptors (Lipinski definition) is 3. The lowest BCUT2D eigenvalue weighted by Crippen LogP contribution is -2.55. The van der Waals surface area contributed by atoms with Crippen LogP contribution >= 0.6 is 0 Å². The zero-order valence-corrected chi connectivity index (χ0v) is 15.8. The molecule has 0 aromatic heterocycles. The van der Waals surface area contributed by atoms with Gasteiger partial charge in [0.15, 0.2) is 0 Å². The van der Waals surface area contributed by atoms with Crippen LogP contribution in [0.5, 0.6) is 5.75 Å². The fourth-order valence-electron chi connectivity index (χ4n) is 3.73. The van der Waals surface area contributed by atoms with E-state index in [0.717, 1.165) is 23.4 Å². The lowest BCUT2D eigenvalue weighted by atomic mass is 10.0. The number of piperazine rings is 1. The Morgan fingerprint density at radius 2 is 1.79 bits per heavy atom. The van der Waals surface area contributed by atoms with Crippen molar-refractivity contribution in [2.75, 3.05) is 37.7 Å². The fraction of sp³-hybridized carbons (Fsp3) is 0.381. The monoisotopic (exact) mass is 405 g/mol. The third-order valence-corrected chi connectivity index (χ3v) is 5.31. The Morgan fingerprint density at radius 1 is 1.03 bits per heavy atom. The summed E-state index contributed by atoms with van der Waals surface area (Å²) in [6.45, 7) is 2.29. The standard InChI is InChI=1S/C21H22F3N3O2/c22-21(23,24)16-5-3-6-18(13-16)26-8-10-27(11-9-26)20(28)25-17-12-15-4-1-2-7-19(15)29-14-17/h1-7,13,17H,8-12,14H2,(H,25,28). The number of carbonyl (C=O) groups excluding carboxylic acids is 1. The quantitative estimate of drug-likeness (QED) is 0.831. The first kappa shape index (κ1) is 19.4. The Kier molecular flexibility index (Phi) is 5.25. The van der Waals surface area contributed by atoms with Crippen LogP contribution < -0.4 is 15.0 Å². The summed E-state index contributed by atoms with van der Waals surface area (Å²) in [4.78, 5) is 16.2. The molecule has 154 valence electrons. The van der Waals surface area contributed by atoms with E-state index in [9.17, 15) is 18.0 Å². The van der Waals surface area contributed by atoms with Crippen LogP contribution in [0, 0.1) is 0 Å². The van der Waals surface area contributed by atoms with E-state index in [1.165, 1.54) is 6.07 Å². The molecule has 2 aromatic rings. The molecule has 0 bridgehead atoms. The molecule has 1 unspecified atom stereocenters. The maximum atomic E-state index is 12.9. The molecule has 2 amide bonds. The molecule has 4 rings (SSSR count). The number of nitrogens with one attached hydrogen (secondary N) is 1. The first-order chi connectivity index (χ1) is 13.9. The summed E-state index contributed by atoms with van der Waals surface area (Å²) < 4.78 is 44.5. The average Bonchev–Trinajstić information content (AvgIpc) is 2.73. The molecule has 8 heteroatoms. The Hall–Kier alpha value is -2.90. The molecule has 2 aliphatic heterocycles. The molecule has 0 spiro atoms. The van der Waals surface area contributed by atoms with Crippen molar-refractivity contribution in [2.24, 2.45) is 0 Å². The molecule has 0 aliphatic carbocycles. The number of ether oxygens (including phenoxy) is 1. The third kappa shape index (κ3) is 4.41. The van der Waals surface area contributed by atoms with Crippen molar-refractivity contribution in [2.45, 2.75) is 18.6 Å².